The topological polar surface area (TPSA) is 65.4 Å². The maximum atomic E-state index is 12.1. The van der Waals surface area contributed by atoms with Crippen LogP contribution in [-0.4, -0.2) is 42.2 Å². The summed E-state index contributed by atoms with van der Waals surface area (Å²) in [6.07, 6.45) is 1.97. The van der Waals surface area contributed by atoms with Gasteiger partial charge in [0.05, 0.1) is 17.3 Å². The van der Waals surface area contributed by atoms with Crippen LogP contribution in [0.4, 0.5) is 0 Å². The highest BCUT2D eigenvalue weighted by Crippen LogP contribution is 2.08. The number of ether oxygens (including phenoxy) is 2. The van der Waals surface area contributed by atoms with Crippen LogP contribution in [-0.2, 0) is 22.9 Å². The standard InChI is InChI=1S/C12H21N3O3/c1-6-10-9(7-15(3)14-10)11(16)13-8(2)12(17-4)18-5/h7-8,12H,6H2,1-5H3,(H,13,16). The van der Waals surface area contributed by atoms with Crippen molar-refractivity contribution in [3.8, 4) is 0 Å². The van der Waals surface area contributed by atoms with Crippen molar-refractivity contribution in [1.29, 1.82) is 0 Å². The highest BCUT2D eigenvalue weighted by atomic mass is 16.7. The maximum Gasteiger partial charge on any atom is 0.255 e. The number of amides is 1. The molecule has 1 rings (SSSR count). The fraction of sp³-hybridized carbons (Fsp3) is 0.667. The van der Waals surface area contributed by atoms with Gasteiger partial charge in [-0.3, -0.25) is 9.48 Å². The molecule has 1 heterocycles. The summed E-state index contributed by atoms with van der Waals surface area (Å²) in [5.41, 5.74) is 1.38. The first-order valence-corrected chi connectivity index (χ1v) is 5.92. The molecule has 0 aliphatic heterocycles. The predicted octanol–water partition coefficient (Wildman–Crippen LogP) is 0.720. The zero-order chi connectivity index (χ0) is 13.7. The van der Waals surface area contributed by atoms with Crippen LogP contribution in [0.5, 0.6) is 0 Å². The number of hydrogen-bond donors (Lipinski definition) is 1. The number of nitrogens with zero attached hydrogens (tertiary/aromatic N) is 2. The van der Waals surface area contributed by atoms with Gasteiger partial charge in [0.15, 0.2) is 6.29 Å². The lowest BCUT2D eigenvalue weighted by Crippen LogP contribution is -2.43. The molecule has 1 aromatic heterocycles. The molecule has 0 saturated heterocycles. The van der Waals surface area contributed by atoms with Crippen LogP contribution in [0.2, 0.25) is 0 Å². The first-order chi connectivity index (χ1) is 8.53. The van der Waals surface area contributed by atoms with E-state index in [1.54, 1.807) is 32.1 Å². The van der Waals surface area contributed by atoms with Crippen LogP contribution in [0.15, 0.2) is 6.20 Å². The Labute approximate surface area is 107 Å². The van der Waals surface area contributed by atoms with Crippen LogP contribution >= 0.6 is 0 Å². The maximum absolute atomic E-state index is 12.1. The van der Waals surface area contributed by atoms with Crippen molar-refractivity contribution in [3.05, 3.63) is 17.5 Å². The molecule has 0 bridgehead atoms. The lowest BCUT2D eigenvalue weighted by molar-refractivity contribution is -0.117. The summed E-state index contributed by atoms with van der Waals surface area (Å²) in [6.45, 7) is 3.80. The van der Waals surface area contributed by atoms with Gasteiger partial charge in [0.25, 0.3) is 5.91 Å². The van der Waals surface area contributed by atoms with Gasteiger partial charge in [-0.05, 0) is 13.3 Å². The third-order valence-electron chi connectivity index (χ3n) is 2.72. The Morgan fingerprint density at radius 2 is 2.11 bits per heavy atom. The van der Waals surface area contributed by atoms with Gasteiger partial charge < -0.3 is 14.8 Å². The van der Waals surface area contributed by atoms with Crippen molar-refractivity contribution in [2.24, 2.45) is 7.05 Å². The molecule has 0 aliphatic carbocycles. The number of carbonyl (C=O) groups excluding carboxylic acids is 1. The normalized spacial score (nSPS) is 12.8. The van der Waals surface area contributed by atoms with E-state index in [9.17, 15) is 4.79 Å². The second-order valence-electron chi connectivity index (χ2n) is 4.12. The molecule has 0 aliphatic rings. The Kier molecular flexibility index (Phi) is 5.30. The summed E-state index contributed by atoms with van der Waals surface area (Å²) in [5.74, 6) is -0.161. The van der Waals surface area contributed by atoms with Gasteiger partial charge in [-0.15, -0.1) is 0 Å². The smallest absolute Gasteiger partial charge is 0.255 e. The number of rotatable bonds is 6. The number of hydrogen-bond acceptors (Lipinski definition) is 4. The minimum absolute atomic E-state index is 0.161. The second-order valence-corrected chi connectivity index (χ2v) is 4.12. The van der Waals surface area contributed by atoms with E-state index in [0.717, 1.165) is 12.1 Å². The SMILES string of the molecule is CCc1nn(C)cc1C(=O)NC(C)C(OC)OC. The molecular weight excluding hydrogens is 234 g/mol. The van der Waals surface area contributed by atoms with E-state index in [1.807, 2.05) is 13.8 Å². The molecule has 1 atom stereocenters. The van der Waals surface area contributed by atoms with Gasteiger partial charge in [-0.2, -0.15) is 5.10 Å². The highest BCUT2D eigenvalue weighted by Gasteiger charge is 2.21. The molecule has 1 amide bonds. The zero-order valence-corrected chi connectivity index (χ0v) is 11.6. The highest BCUT2D eigenvalue weighted by molar-refractivity contribution is 5.95. The Hall–Kier alpha value is -1.40. The van der Waals surface area contributed by atoms with Crippen LogP contribution in [0.3, 0.4) is 0 Å². The summed E-state index contributed by atoms with van der Waals surface area (Å²) < 4.78 is 11.8. The largest absolute Gasteiger partial charge is 0.354 e. The fourth-order valence-electron chi connectivity index (χ4n) is 1.84. The van der Waals surface area contributed by atoms with E-state index in [0.29, 0.717) is 5.56 Å². The van der Waals surface area contributed by atoms with E-state index in [4.69, 9.17) is 9.47 Å². The van der Waals surface area contributed by atoms with E-state index in [-0.39, 0.29) is 11.9 Å². The molecular formula is C12H21N3O3. The molecule has 0 aromatic carbocycles. The molecule has 1 aromatic rings. The van der Waals surface area contributed by atoms with Gasteiger partial charge in [-0.1, -0.05) is 6.92 Å². The minimum atomic E-state index is -0.462. The lowest BCUT2D eigenvalue weighted by atomic mass is 10.2. The van der Waals surface area contributed by atoms with Crippen molar-refractivity contribution in [3.63, 3.8) is 0 Å². The summed E-state index contributed by atoms with van der Waals surface area (Å²) in [6, 6.07) is -0.239. The van der Waals surface area contributed by atoms with Crippen molar-refractivity contribution in [2.75, 3.05) is 14.2 Å². The van der Waals surface area contributed by atoms with Crippen molar-refractivity contribution >= 4 is 5.91 Å². The van der Waals surface area contributed by atoms with E-state index in [1.165, 1.54) is 0 Å². The number of aryl methyl sites for hydroxylation is 2. The molecule has 0 fully saturated rings. The third-order valence-corrected chi connectivity index (χ3v) is 2.72. The average molecular weight is 255 g/mol. The first kappa shape index (κ1) is 14.7. The first-order valence-electron chi connectivity index (χ1n) is 5.92. The van der Waals surface area contributed by atoms with Gasteiger partial charge in [0.1, 0.15) is 0 Å². The molecule has 6 nitrogen and oxygen atoms in total. The van der Waals surface area contributed by atoms with Gasteiger partial charge in [0.2, 0.25) is 0 Å². The van der Waals surface area contributed by atoms with Crippen molar-refractivity contribution in [1.82, 2.24) is 15.1 Å². The fourth-order valence-corrected chi connectivity index (χ4v) is 1.84. The monoisotopic (exact) mass is 255 g/mol. The minimum Gasteiger partial charge on any atom is -0.354 e. The van der Waals surface area contributed by atoms with Crippen LogP contribution in [0, 0.1) is 0 Å². The van der Waals surface area contributed by atoms with E-state index in [2.05, 4.69) is 10.4 Å². The average Bonchev–Trinajstić information content (AvgIpc) is 2.72. The number of carbonyl (C=O) groups is 1. The van der Waals surface area contributed by atoms with Crippen LogP contribution in [0.1, 0.15) is 29.9 Å². The lowest BCUT2D eigenvalue weighted by Gasteiger charge is -2.21. The van der Waals surface area contributed by atoms with Crippen molar-refractivity contribution in [2.45, 2.75) is 32.6 Å². The van der Waals surface area contributed by atoms with E-state index >= 15 is 0 Å². The number of nitrogens with one attached hydrogen (secondary N) is 1. The molecule has 0 spiro atoms. The summed E-state index contributed by atoms with van der Waals surface area (Å²) >= 11 is 0. The predicted molar refractivity (Wildman–Crippen MR) is 67.3 cm³/mol. The molecule has 1 N–H and O–H groups in total. The Balaban J connectivity index is 2.75. The van der Waals surface area contributed by atoms with Gasteiger partial charge in [0, 0.05) is 27.5 Å². The third kappa shape index (κ3) is 3.30. The molecule has 18 heavy (non-hydrogen) atoms. The Morgan fingerprint density at radius 3 is 2.61 bits per heavy atom. The summed E-state index contributed by atoms with van der Waals surface area (Å²) in [5, 5.41) is 7.08. The molecule has 0 radical (unpaired) electrons. The molecule has 1 unspecified atom stereocenters. The molecule has 102 valence electrons. The number of methoxy groups -OCH3 is 2. The van der Waals surface area contributed by atoms with Gasteiger partial charge in [-0.25, -0.2) is 0 Å². The van der Waals surface area contributed by atoms with Gasteiger partial charge >= 0.3 is 0 Å². The Morgan fingerprint density at radius 1 is 1.50 bits per heavy atom. The summed E-state index contributed by atoms with van der Waals surface area (Å²) in [7, 11) is 4.88. The van der Waals surface area contributed by atoms with Crippen molar-refractivity contribution < 1.29 is 14.3 Å². The number of aromatic nitrogens is 2. The van der Waals surface area contributed by atoms with Crippen LogP contribution < -0.4 is 5.32 Å². The van der Waals surface area contributed by atoms with Crippen LogP contribution in [0.25, 0.3) is 0 Å². The quantitative estimate of drug-likeness (QED) is 0.761. The molecule has 0 saturated carbocycles. The summed E-state index contributed by atoms with van der Waals surface area (Å²) in [4.78, 5) is 12.1. The second kappa shape index (κ2) is 6.51. The zero-order valence-electron chi connectivity index (χ0n) is 11.6. The molecule has 6 heteroatoms. The Bertz CT molecular complexity index is 399. The van der Waals surface area contributed by atoms with E-state index < -0.39 is 6.29 Å².